The molecule has 0 heterocycles. The van der Waals surface area contributed by atoms with E-state index in [0.717, 1.165) is 24.2 Å². The molecule has 0 aromatic rings. The zero-order chi connectivity index (χ0) is 14.2. The van der Waals surface area contributed by atoms with E-state index < -0.39 is 15.8 Å². The first-order valence-electron chi connectivity index (χ1n) is 6.79. The van der Waals surface area contributed by atoms with Crippen molar-refractivity contribution in [3.05, 3.63) is 12.2 Å². The second kappa shape index (κ2) is 8.53. The molecule has 0 fully saturated rings. The third-order valence-electron chi connectivity index (χ3n) is 3.75. The average molecular weight is 287 g/mol. The van der Waals surface area contributed by atoms with E-state index in [1.54, 1.807) is 6.92 Å². The van der Waals surface area contributed by atoms with E-state index in [-0.39, 0.29) is 5.97 Å². The highest BCUT2D eigenvalue weighted by Crippen LogP contribution is 2.22. The number of rotatable bonds is 9. The van der Waals surface area contributed by atoms with Crippen molar-refractivity contribution in [2.24, 2.45) is 0 Å². The Labute approximate surface area is 113 Å². The lowest BCUT2D eigenvalue weighted by Gasteiger charge is -2.24. The lowest BCUT2D eigenvalue weighted by molar-refractivity contribution is -0.138. The van der Waals surface area contributed by atoms with Gasteiger partial charge in [0.05, 0.1) is 6.61 Å². The Morgan fingerprint density at radius 3 is 2.11 bits per heavy atom. The largest absolute Gasteiger partial charge is 0.462 e. The number of hydrogen-bond donors (Lipinski definition) is 0. The Morgan fingerprint density at radius 1 is 1.22 bits per heavy atom. The average Bonchev–Trinajstić information content (AvgIpc) is 2.37. The van der Waals surface area contributed by atoms with E-state index in [0.29, 0.717) is 18.6 Å². The quantitative estimate of drug-likeness (QED) is 0.282. The number of esters is 1. The molecule has 0 bridgehead atoms. The van der Waals surface area contributed by atoms with E-state index in [4.69, 9.17) is 4.74 Å². The summed E-state index contributed by atoms with van der Waals surface area (Å²) >= 11 is 0. The topological polar surface area (TPSA) is 43.4 Å². The molecule has 0 N–H and O–H groups in total. The third-order valence-corrected chi connectivity index (χ3v) is 17.3. The fourth-order valence-electron chi connectivity index (χ4n) is 2.13. The molecule has 0 unspecified atom stereocenters. The number of ether oxygens (including phenoxy) is 1. The van der Waals surface area contributed by atoms with Crippen molar-refractivity contribution in [1.82, 2.24) is 0 Å². The molecule has 0 spiro atoms. The second-order valence-corrected chi connectivity index (χ2v) is 15.7. The summed E-state index contributed by atoms with van der Waals surface area (Å²) in [4.78, 5) is 11.2. The van der Waals surface area contributed by atoms with Gasteiger partial charge in [0.1, 0.15) is 7.59 Å². The number of carbonyl (C=O) groups is 1. The van der Waals surface area contributed by atoms with E-state index >= 15 is 0 Å². The van der Waals surface area contributed by atoms with Crippen LogP contribution in [0.5, 0.6) is 0 Å². The van der Waals surface area contributed by atoms with Gasteiger partial charge < -0.3 is 9.20 Å². The van der Waals surface area contributed by atoms with E-state index in [2.05, 4.69) is 27.4 Å². The van der Waals surface area contributed by atoms with Crippen LogP contribution in [0.15, 0.2) is 12.2 Å². The minimum absolute atomic E-state index is 0.348. The summed E-state index contributed by atoms with van der Waals surface area (Å²) in [5.74, 6) is -0.348. The lowest BCUT2D eigenvalue weighted by atomic mass is 10.4. The number of carbonyl (C=O) groups excluding carboxylic acids is 1. The molecule has 0 aliphatic heterocycles. The minimum atomic E-state index is -1.53. The normalized spacial score (nSPS) is 11.1. The smallest absolute Gasteiger partial charge is 0.333 e. The SMILES string of the molecule is C=C(C)C(=O)OCCC[Si](=O)[Si](CC)(CC)CC. The van der Waals surface area contributed by atoms with Crippen molar-refractivity contribution in [2.75, 3.05) is 6.61 Å². The van der Waals surface area contributed by atoms with Gasteiger partial charge in [-0.3, -0.25) is 0 Å². The summed E-state index contributed by atoms with van der Waals surface area (Å²) in [6.45, 7) is 12.0. The van der Waals surface area contributed by atoms with Crippen LogP contribution in [-0.4, -0.2) is 28.4 Å². The van der Waals surface area contributed by atoms with Gasteiger partial charge >= 0.3 is 5.97 Å². The van der Waals surface area contributed by atoms with Gasteiger partial charge in [0, 0.05) is 5.57 Å². The monoisotopic (exact) mass is 286 g/mol. The van der Waals surface area contributed by atoms with Gasteiger partial charge in [-0.25, -0.2) is 4.79 Å². The Bertz CT molecular complexity index is 301. The molecule has 0 rings (SSSR count). The first kappa shape index (κ1) is 17.4. The summed E-state index contributed by atoms with van der Waals surface area (Å²) in [5, 5.41) is 0. The Morgan fingerprint density at radius 2 is 1.72 bits per heavy atom. The first-order chi connectivity index (χ1) is 8.43. The summed E-state index contributed by atoms with van der Waals surface area (Å²) in [6, 6.07) is 4.03. The maximum Gasteiger partial charge on any atom is 0.333 e. The van der Waals surface area contributed by atoms with Gasteiger partial charge in [0.25, 0.3) is 8.20 Å². The van der Waals surface area contributed by atoms with Crippen LogP contribution in [0.1, 0.15) is 34.1 Å². The standard InChI is InChI=1S/C13H26O3Si2/c1-6-18(7-2,8-3)17(15)11-9-10-16-13(14)12(4)5/h4,6-11H2,1-3,5H3. The molecule has 3 nitrogen and oxygen atoms in total. The molecular weight excluding hydrogens is 260 g/mol. The zero-order valence-electron chi connectivity index (χ0n) is 12.2. The van der Waals surface area contributed by atoms with Crippen LogP contribution in [0.4, 0.5) is 0 Å². The van der Waals surface area contributed by atoms with Crippen LogP contribution < -0.4 is 0 Å². The summed E-state index contributed by atoms with van der Waals surface area (Å²) in [7, 11) is -3.01. The van der Waals surface area contributed by atoms with Gasteiger partial charge in [-0.15, -0.1) is 0 Å². The highest BCUT2D eigenvalue weighted by Gasteiger charge is 2.36. The molecule has 18 heavy (non-hydrogen) atoms. The Hall–Kier alpha value is -0.556. The van der Waals surface area contributed by atoms with Crippen LogP contribution in [0.25, 0.3) is 0 Å². The minimum Gasteiger partial charge on any atom is -0.462 e. The van der Waals surface area contributed by atoms with E-state index in [9.17, 15) is 9.26 Å². The van der Waals surface area contributed by atoms with Crippen molar-refractivity contribution in [3.8, 4) is 0 Å². The molecule has 0 aliphatic carbocycles. The maximum absolute atomic E-state index is 12.4. The molecule has 0 radical (unpaired) electrons. The van der Waals surface area contributed by atoms with Crippen LogP contribution in [-0.2, 0) is 14.0 Å². The molecule has 0 aromatic heterocycles. The number of hydrogen-bond acceptors (Lipinski definition) is 3. The fourth-order valence-corrected chi connectivity index (χ4v) is 11.5. The van der Waals surface area contributed by atoms with Crippen molar-refractivity contribution < 1.29 is 14.0 Å². The molecule has 0 aromatic carbocycles. The molecule has 0 aliphatic rings. The van der Waals surface area contributed by atoms with Gasteiger partial charge in [-0.1, -0.05) is 45.5 Å². The highest BCUT2D eigenvalue weighted by atomic mass is 29.2. The molecular formula is C13H26O3Si2. The molecule has 104 valence electrons. The Kier molecular flexibility index (Phi) is 8.27. The van der Waals surface area contributed by atoms with Crippen LogP contribution in [0, 0.1) is 0 Å². The van der Waals surface area contributed by atoms with Crippen molar-refractivity contribution >= 4 is 21.8 Å². The van der Waals surface area contributed by atoms with Gasteiger partial charge in [0.2, 0.25) is 0 Å². The second-order valence-electron chi connectivity index (χ2n) is 4.78. The van der Waals surface area contributed by atoms with Gasteiger partial charge in [-0.2, -0.15) is 0 Å². The summed E-state index contributed by atoms with van der Waals surface area (Å²) in [6.07, 6.45) is 0.714. The highest BCUT2D eigenvalue weighted by molar-refractivity contribution is 7.27. The fraction of sp³-hybridized carbons (Fsp3) is 0.769. The summed E-state index contributed by atoms with van der Waals surface area (Å²) < 4.78 is 17.4. The molecule has 0 amide bonds. The molecule has 0 atom stereocenters. The molecule has 0 saturated heterocycles. The van der Waals surface area contributed by atoms with Crippen LogP contribution in [0.3, 0.4) is 0 Å². The zero-order valence-corrected chi connectivity index (χ0v) is 14.2. The predicted molar refractivity (Wildman–Crippen MR) is 78.8 cm³/mol. The van der Waals surface area contributed by atoms with E-state index in [1.165, 1.54) is 0 Å². The van der Waals surface area contributed by atoms with Crippen LogP contribution >= 0.6 is 0 Å². The van der Waals surface area contributed by atoms with Crippen LogP contribution in [0.2, 0.25) is 24.2 Å². The lowest BCUT2D eigenvalue weighted by Crippen LogP contribution is -2.43. The van der Waals surface area contributed by atoms with Crippen molar-refractivity contribution in [2.45, 2.75) is 58.3 Å². The van der Waals surface area contributed by atoms with Gasteiger partial charge in [-0.05, 0) is 19.4 Å². The Balaban J connectivity index is 4.10. The third kappa shape index (κ3) is 4.98. The maximum atomic E-state index is 12.4. The summed E-state index contributed by atoms with van der Waals surface area (Å²) in [5.41, 5.74) is 0.419. The molecule has 5 heteroatoms. The molecule has 0 saturated carbocycles. The van der Waals surface area contributed by atoms with Crippen molar-refractivity contribution in [3.63, 3.8) is 0 Å². The predicted octanol–water partition coefficient (Wildman–Crippen LogP) is 3.50. The van der Waals surface area contributed by atoms with E-state index in [1.807, 2.05) is 0 Å². The van der Waals surface area contributed by atoms with Gasteiger partial charge in [0.15, 0.2) is 0 Å². The van der Waals surface area contributed by atoms with Crippen molar-refractivity contribution in [1.29, 1.82) is 0 Å². The first-order valence-corrected chi connectivity index (χ1v) is 12.0.